The lowest BCUT2D eigenvalue weighted by Crippen LogP contribution is -2.50. The predicted molar refractivity (Wildman–Crippen MR) is 91.2 cm³/mol. The molecule has 0 aliphatic carbocycles. The minimum atomic E-state index is -3.79. The van der Waals surface area contributed by atoms with Gasteiger partial charge in [-0.2, -0.15) is 8.61 Å². The van der Waals surface area contributed by atoms with E-state index in [1.54, 1.807) is 6.92 Å². The molecule has 1 aliphatic rings. The summed E-state index contributed by atoms with van der Waals surface area (Å²) in [7, 11) is -5.58. The summed E-state index contributed by atoms with van der Waals surface area (Å²) in [5, 5.41) is 0. The van der Waals surface area contributed by atoms with Crippen LogP contribution in [-0.2, 0) is 27.1 Å². The standard InChI is InChI=1S/C14H19N3O6S2/c1-3-24(19,20)16-6-8-17(9-7-16)25(21,22)11-4-5-12-13(10-11)23-14(18)15(12)2/h4-5,10H,3,6-9H2,1-2H3. The number of nitrogens with zero attached hydrogens (tertiary/aromatic N) is 3. The van der Waals surface area contributed by atoms with Gasteiger partial charge in [-0.1, -0.05) is 0 Å². The van der Waals surface area contributed by atoms with Gasteiger partial charge in [0, 0.05) is 39.3 Å². The zero-order valence-electron chi connectivity index (χ0n) is 13.9. The van der Waals surface area contributed by atoms with Crippen LogP contribution in [0.3, 0.4) is 0 Å². The van der Waals surface area contributed by atoms with Crippen molar-refractivity contribution in [3.8, 4) is 0 Å². The second kappa shape index (κ2) is 6.24. The Labute approximate surface area is 145 Å². The number of hydrogen-bond donors (Lipinski definition) is 0. The fourth-order valence-electron chi connectivity index (χ4n) is 2.79. The molecule has 138 valence electrons. The molecule has 0 unspecified atom stereocenters. The van der Waals surface area contributed by atoms with Crippen LogP contribution >= 0.6 is 0 Å². The average Bonchev–Trinajstić information content (AvgIpc) is 2.89. The van der Waals surface area contributed by atoms with Gasteiger partial charge >= 0.3 is 5.76 Å². The van der Waals surface area contributed by atoms with Crippen molar-refractivity contribution in [3.63, 3.8) is 0 Å². The molecule has 2 heterocycles. The van der Waals surface area contributed by atoms with Gasteiger partial charge in [0.15, 0.2) is 5.58 Å². The van der Waals surface area contributed by atoms with Crippen molar-refractivity contribution in [1.82, 2.24) is 13.2 Å². The van der Waals surface area contributed by atoms with Crippen LogP contribution in [0.1, 0.15) is 6.92 Å². The normalized spacial score (nSPS) is 18.0. The van der Waals surface area contributed by atoms with Gasteiger partial charge in [0.2, 0.25) is 20.0 Å². The Bertz CT molecular complexity index is 1060. The SMILES string of the molecule is CCS(=O)(=O)N1CCN(S(=O)(=O)c2ccc3c(c2)oc(=O)n3C)CC1. The molecule has 25 heavy (non-hydrogen) atoms. The molecule has 0 N–H and O–H groups in total. The fourth-order valence-corrected chi connectivity index (χ4v) is 5.32. The van der Waals surface area contributed by atoms with Crippen LogP contribution in [0.15, 0.2) is 32.3 Å². The zero-order chi connectivity index (χ0) is 18.4. The highest BCUT2D eigenvalue weighted by Crippen LogP contribution is 2.22. The Morgan fingerprint density at radius 3 is 2.24 bits per heavy atom. The Morgan fingerprint density at radius 1 is 1.04 bits per heavy atom. The van der Waals surface area contributed by atoms with E-state index in [2.05, 4.69) is 0 Å². The van der Waals surface area contributed by atoms with Gasteiger partial charge in [-0.15, -0.1) is 0 Å². The molecule has 1 fully saturated rings. The summed E-state index contributed by atoms with van der Waals surface area (Å²) in [6.07, 6.45) is 0. The summed E-state index contributed by atoms with van der Waals surface area (Å²) in [4.78, 5) is 11.5. The third-order valence-corrected chi connectivity index (χ3v) is 8.13. The quantitative estimate of drug-likeness (QED) is 0.715. The van der Waals surface area contributed by atoms with Gasteiger partial charge in [-0.05, 0) is 19.1 Å². The van der Waals surface area contributed by atoms with Crippen LogP contribution < -0.4 is 5.76 Å². The van der Waals surface area contributed by atoms with Gasteiger partial charge < -0.3 is 4.42 Å². The number of fused-ring (bicyclic) bond motifs is 1. The first-order valence-corrected chi connectivity index (χ1v) is 10.8. The molecular weight excluding hydrogens is 370 g/mol. The van der Waals surface area contributed by atoms with Crippen LogP contribution in [-0.4, -0.2) is 61.9 Å². The van der Waals surface area contributed by atoms with Crippen LogP contribution in [0, 0.1) is 0 Å². The molecule has 9 nitrogen and oxygen atoms in total. The number of aryl methyl sites for hydroxylation is 1. The van der Waals surface area contributed by atoms with Crippen molar-refractivity contribution in [2.75, 3.05) is 31.9 Å². The summed E-state index contributed by atoms with van der Waals surface area (Å²) in [5.41, 5.74) is 0.698. The lowest BCUT2D eigenvalue weighted by molar-refractivity contribution is 0.273. The van der Waals surface area contributed by atoms with E-state index in [0.717, 1.165) is 0 Å². The minimum absolute atomic E-state index is 0.0105. The van der Waals surface area contributed by atoms with E-state index in [-0.39, 0.29) is 42.4 Å². The lowest BCUT2D eigenvalue weighted by atomic mass is 10.3. The zero-order valence-corrected chi connectivity index (χ0v) is 15.5. The highest BCUT2D eigenvalue weighted by Gasteiger charge is 2.32. The highest BCUT2D eigenvalue weighted by atomic mass is 32.2. The van der Waals surface area contributed by atoms with Crippen molar-refractivity contribution >= 4 is 31.1 Å². The van der Waals surface area contributed by atoms with Crippen molar-refractivity contribution in [1.29, 1.82) is 0 Å². The number of oxazole rings is 1. The molecule has 0 spiro atoms. The first-order chi connectivity index (χ1) is 11.7. The Kier molecular flexibility index (Phi) is 4.52. The van der Waals surface area contributed by atoms with E-state index >= 15 is 0 Å². The predicted octanol–water partition coefficient (Wildman–Crippen LogP) is -0.212. The maximum atomic E-state index is 12.8. The van der Waals surface area contributed by atoms with Crippen LogP contribution in [0.5, 0.6) is 0 Å². The van der Waals surface area contributed by atoms with E-state index in [0.29, 0.717) is 5.52 Å². The highest BCUT2D eigenvalue weighted by molar-refractivity contribution is 7.89. The second-order valence-electron chi connectivity index (χ2n) is 5.76. The number of hydrogen-bond acceptors (Lipinski definition) is 6. The first-order valence-electron chi connectivity index (χ1n) is 7.74. The van der Waals surface area contributed by atoms with E-state index in [1.807, 2.05) is 0 Å². The smallest absolute Gasteiger partial charge is 0.408 e. The molecule has 1 aromatic heterocycles. The Morgan fingerprint density at radius 2 is 1.64 bits per heavy atom. The largest absolute Gasteiger partial charge is 0.419 e. The van der Waals surface area contributed by atoms with Crippen LogP contribution in [0.25, 0.3) is 11.1 Å². The summed E-state index contributed by atoms with van der Waals surface area (Å²) in [6, 6.07) is 4.26. The maximum absolute atomic E-state index is 12.8. The maximum Gasteiger partial charge on any atom is 0.419 e. The number of piperazine rings is 1. The summed E-state index contributed by atoms with van der Waals surface area (Å²) >= 11 is 0. The van der Waals surface area contributed by atoms with Gasteiger partial charge in [0.1, 0.15) is 0 Å². The summed E-state index contributed by atoms with van der Waals surface area (Å²) < 4.78 is 58.2. The fraction of sp³-hybridized carbons (Fsp3) is 0.500. The molecule has 0 radical (unpaired) electrons. The van der Waals surface area contributed by atoms with E-state index in [4.69, 9.17) is 4.42 Å². The van der Waals surface area contributed by atoms with Gasteiger partial charge in [-0.25, -0.2) is 21.6 Å². The van der Waals surface area contributed by atoms with Crippen molar-refractivity contribution in [3.05, 3.63) is 28.7 Å². The molecular formula is C14H19N3O6S2. The number of aromatic nitrogens is 1. The average molecular weight is 389 g/mol. The molecule has 1 saturated heterocycles. The third-order valence-electron chi connectivity index (χ3n) is 4.36. The molecule has 0 amide bonds. The third kappa shape index (κ3) is 3.12. The topological polar surface area (TPSA) is 110 Å². The van der Waals surface area contributed by atoms with Crippen molar-refractivity contribution in [2.24, 2.45) is 7.05 Å². The lowest BCUT2D eigenvalue weighted by Gasteiger charge is -2.33. The number of benzene rings is 1. The Balaban J connectivity index is 1.87. The molecule has 11 heteroatoms. The first kappa shape index (κ1) is 18.1. The van der Waals surface area contributed by atoms with Gasteiger partial charge in [0.05, 0.1) is 16.2 Å². The van der Waals surface area contributed by atoms with Crippen LogP contribution in [0.4, 0.5) is 0 Å². The molecule has 2 aromatic rings. The molecule has 1 aliphatic heterocycles. The van der Waals surface area contributed by atoms with E-state index < -0.39 is 25.8 Å². The number of rotatable bonds is 4. The summed E-state index contributed by atoms with van der Waals surface area (Å²) in [6.45, 7) is 1.97. The Hall–Kier alpha value is -1.69. The van der Waals surface area contributed by atoms with Gasteiger partial charge in [0.25, 0.3) is 0 Å². The molecule has 0 atom stereocenters. The molecule has 1 aromatic carbocycles. The summed E-state index contributed by atoms with van der Waals surface area (Å²) in [5.74, 6) is -0.577. The molecule has 0 bridgehead atoms. The molecule has 3 rings (SSSR count). The van der Waals surface area contributed by atoms with Gasteiger partial charge in [-0.3, -0.25) is 4.57 Å². The molecule has 0 saturated carbocycles. The van der Waals surface area contributed by atoms with Crippen molar-refractivity contribution < 1.29 is 21.3 Å². The van der Waals surface area contributed by atoms with E-state index in [1.165, 1.54) is 38.4 Å². The van der Waals surface area contributed by atoms with Crippen LogP contribution in [0.2, 0.25) is 0 Å². The van der Waals surface area contributed by atoms with Crippen molar-refractivity contribution in [2.45, 2.75) is 11.8 Å². The van der Waals surface area contributed by atoms with E-state index in [9.17, 15) is 21.6 Å². The second-order valence-corrected chi connectivity index (χ2v) is 9.96. The number of sulfonamides is 2. The minimum Gasteiger partial charge on any atom is -0.408 e. The monoisotopic (exact) mass is 389 g/mol.